The van der Waals surface area contributed by atoms with Crippen LogP contribution in [-0.2, 0) is 19.9 Å². The van der Waals surface area contributed by atoms with Crippen molar-refractivity contribution in [2.75, 3.05) is 0 Å². The Morgan fingerprint density at radius 3 is 2.92 bits per heavy atom. The van der Waals surface area contributed by atoms with Gasteiger partial charge in [-0.25, -0.2) is 0 Å². The van der Waals surface area contributed by atoms with E-state index in [1.54, 1.807) is 17.1 Å². The summed E-state index contributed by atoms with van der Waals surface area (Å²) in [6, 6.07) is 14.2. The SMILES string of the molecule is Cn1ncc(C(=O)N[C@@H]2CCCc3cccnc32)c1Cc1ccccc1. The summed E-state index contributed by atoms with van der Waals surface area (Å²) in [5.74, 6) is -0.0764. The molecule has 2 aromatic heterocycles. The van der Waals surface area contributed by atoms with Gasteiger partial charge in [-0.1, -0.05) is 36.4 Å². The van der Waals surface area contributed by atoms with Crippen LogP contribution in [0.4, 0.5) is 0 Å². The largest absolute Gasteiger partial charge is 0.344 e. The first-order chi connectivity index (χ1) is 12.7. The maximum atomic E-state index is 13.0. The van der Waals surface area contributed by atoms with Gasteiger partial charge in [-0.15, -0.1) is 0 Å². The molecule has 0 bridgehead atoms. The maximum Gasteiger partial charge on any atom is 0.255 e. The monoisotopic (exact) mass is 346 g/mol. The summed E-state index contributed by atoms with van der Waals surface area (Å²) in [5, 5.41) is 7.49. The molecule has 0 saturated carbocycles. The van der Waals surface area contributed by atoms with Crippen LogP contribution < -0.4 is 5.32 Å². The molecule has 0 spiro atoms. The fraction of sp³-hybridized carbons (Fsp3) is 0.286. The van der Waals surface area contributed by atoms with Gasteiger partial charge in [0.1, 0.15) is 0 Å². The molecule has 1 amide bonds. The van der Waals surface area contributed by atoms with Gasteiger partial charge < -0.3 is 5.32 Å². The number of aromatic nitrogens is 3. The Morgan fingerprint density at radius 1 is 1.23 bits per heavy atom. The highest BCUT2D eigenvalue weighted by molar-refractivity contribution is 5.95. The Balaban J connectivity index is 1.57. The average molecular weight is 346 g/mol. The van der Waals surface area contributed by atoms with Gasteiger partial charge in [0.15, 0.2) is 0 Å². The van der Waals surface area contributed by atoms with Gasteiger partial charge in [-0.2, -0.15) is 5.10 Å². The minimum Gasteiger partial charge on any atom is -0.344 e. The number of pyridine rings is 1. The predicted molar refractivity (Wildman–Crippen MR) is 99.8 cm³/mol. The van der Waals surface area contributed by atoms with Gasteiger partial charge >= 0.3 is 0 Å². The second kappa shape index (κ2) is 7.12. The van der Waals surface area contributed by atoms with Crippen molar-refractivity contribution in [2.24, 2.45) is 7.05 Å². The highest BCUT2D eigenvalue weighted by atomic mass is 16.1. The van der Waals surface area contributed by atoms with Crippen LogP contribution in [0.2, 0.25) is 0 Å². The second-order valence-electron chi connectivity index (χ2n) is 6.76. The smallest absolute Gasteiger partial charge is 0.255 e. The van der Waals surface area contributed by atoms with E-state index in [-0.39, 0.29) is 11.9 Å². The number of benzene rings is 1. The van der Waals surface area contributed by atoms with E-state index >= 15 is 0 Å². The van der Waals surface area contributed by atoms with Crippen LogP contribution in [0.15, 0.2) is 54.9 Å². The molecule has 1 aliphatic carbocycles. The van der Waals surface area contributed by atoms with Crippen molar-refractivity contribution in [3.8, 4) is 0 Å². The number of carbonyl (C=O) groups is 1. The van der Waals surface area contributed by atoms with Crippen molar-refractivity contribution in [3.63, 3.8) is 0 Å². The molecule has 5 nitrogen and oxygen atoms in total. The fourth-order valence-corrected chi connectivity index (χ4v) is 3.64. The third-order valence-electron chi connectivity index (χ3n) is 5.02. The van der Waals surface area contributed by atoms with E-state index in [1.807, 2.05) is 31.3 Å². The molecule has 132 valence electrons. The lowest BCUT2D eigenvalue weighted by Crippen LogP contribution is -2.32. The van der Waals surface area contributed by atoms with E-state index in [0.29, 0.717) is 12.0 Å². The van der Waals surface area contributed by atoms with E-state index in [0.717, 1.165) is 36.2 Å². The Hall–Kier alpha value is -2.95. The van der Waals surface area contributed by atoms with Gasteiger partial charge in [-0.3, -0.25) is 14.5 Å². The summed E-state index contributed by atoms with van der Waals surface area (Å²) in [6.07, 6.45) is 7.16. The molecule has 2 heterocycles. The van der Waals surface area contributed by atoms with Crippen LogP contribution in [0.1, 0.15) is 51.8 Å². The first-order valence-electron chi connectivity index (χ1n) is 9.02. The second-order valence-corrected chi connectivity index (χ2v) is 6.76. The Labute approximate surface area is 153 Å². The molecule has 0 radical (unpaired) electrons. The van der Waals surface area contributed by atoms with E-state index < -0.39 is 0 Å². The minimum atomic E-state index is -0.0764. The van der Waals surface area contributed by atoms with E-state index in [9.17, 15) is 4.79 Å². The number of carbonyl (C=O) groups excluding carboxylic acids is 1. The highest BCUT2D eigenvalue weighted by Crippen LogP contribution is 2.28. The molecule has 5 heteroatoms. The lowest BCUT2D eigenvalue weighted by molar-refractivity contribution is 0.0930. The Kier molecular flexibility index (Phi) is 4.52. The Morgan fingerprint density at radius 2 is 2.08 bits per heavy atom. The summed E-state index contributed by atoms with van der Waals surface area (Å²) in [6.45, 7) is 0. The van der Waals surface area contributed by atoms with Crippen LogP contribution in [0.5, 0.6) is 0 Å². The van der Waals surface area contributed by atoms with E-state index in [4.69, 9.17) is 0 Å². The van der Waals surface area contributed by atoms with Crippen molar-refractivity contribution in [1.29, 1.82) is 0 Å². The molecular weight excluding hydrogens is 324 g/mol. The number of rotatable bonds is 4. The first-order valence-corrected chi connectivity index (χ1v) is 9.02. The summed E-state index contributed by atoms with van der Waals surface area (Å²) in [7, 11) is 1.88. The number of nitrogens with zero attached hydrogens (tertiary/aromatic N) is 3. The molecule has 0 fully saturated rings. The molecule has 0 unspecified atom stereocenters. The minimum absolute atomic E-state index is 0.0303. The van der Waals surface area contributed by atoms with Crippen molar-refractivity contribution < 1.29 is 4.79 Å². The molecule has 26 heavy (non-hydrogen) atoms. The number of hydrogen-bond acceptors (Lipinski definition) is 3. The zero-order valence-electron chi connectivity index (χ0n) is 14.9. The molecule has 0 aliphatic heterocycles. The molecule has 3 aromatic rings. The molecule has 0 saturated heterocycles. The van der Waals surface area contributed by atoms with Crippen LogP contribution >= 0.6 is 0 Å². The average Bonchev–Trinajstić information content (AvgIpc) is 3.03. The van der Waals surface area contributed by atoms with Crippen LogP contribution in [0, 0.1) is 0 Å². The fourth-order valence-electron chi connectivity index (χ4n) is 3.64. The van der Waals surface area contributed by atoms with Gasteiger partial charge in [0, 0.05) is 19.7 Å². The quantitative estimate of drug-likeness (QED) is 0.789. The van der Waals surface area contributed by atoms with Crippen molar-refractivity contribution in [3.05, 3.63) is 82.9 Å². The zero-order chi connectivity index (χ0) is 17.9. The molecule has 1 N–H and O–H groups in total. The number of fused-ring (bicyclic) bond motifs is 1. The molecule has 1 aliphatic rings. The Bertz CT molecular complexity index is 917. The summed E-state index contributed by atoms with van der Waals surface area (Å²) in [4.78, 5) is 17.5. The first kappa shape index (κ1) is 16.5. The van der Waals surface area contributed by atoms with Crippen LogP contribution in [0.3, 0.4) is 0 Å². The summed E-state index contributed by atoms with van der Waals surface area (Å²) >= 11 is 0. The predicted octanol–water partition coefficient (Wildman–Crippen LogP) is 3.21. The van der Waals surface area contributed by atoms with Gasteiger partial charge in [0.05, 0.1) is 29.2 Å². The van der Waals surface area contributed by atoms with Crippen molar-refractivity contribution >= 4 is 5.91 Å². The van der Waals surface area contributed by atoms with Gasteiger partial charge in [0.2, 0.25) is 0 Å². The third kappa shape index (κ3) is 3.25. The van der Waals surface area contributed by atoms with Crippen LogP contribution in [-0.4, -0.2) is 20.7 Å². The number of aryl methyl sites for hydroxylation is 2. The van der Waals surface area contributed by atoms with Gasteiger partial charge in [0.25, 0.3) is 5.91 Å². The topological polar surface area (TPSA) is 59.8 Å². The molecule has 1 atom stereocenters. The molecule has 4 rings (SSSR count). The number of amides is 1. The van der Waals surface area contributed by atoms with Crippen LogP contribution in [0.25, 0.3) is 0 Å². The van der Waals surface area contributed by atoms with E-state index in [2.05, 4.69) is 33.6 Å². The third-order valence-corrected chi connectivity index (χ3v) is 5.02. The maximum absolute atomic E-state index is 13.0. The lowest BCUT2D eigenvalue weighted by Gasteiger charge is -2.25. The standard InChI is InChI=1S/C21H22N4O/c1-25-19(13-15-7-3-2-4-8-15)17(14-23-25)21(26)24-18-11-5-9-16-10-6-12-22-20(16)18/h2-4,6-8,10,12,14,18H,5,9,11,13H2,1H3,(H,24,26)/t18-/m1/s1. The molecule has 1 aromatic carbocycles. The zero-order valence-corrected chi connectivity index (χ0v) is 14.9. The summed E-state index contributed by atoms with van der Waals surface area (Å²) in [5.41, 5.74) is 4.96. The van der Waals surface area contributed by atoms with Crippen molar-refractivity contribution in [1.82, 2.24) is 20.1 Å². The number of hydrogen-bond donors (Lipinski definition) is 1. The highest BCUT2D eigenvalue weighted by Gasteiger charge is 2.25. The normalized spacial score (nSPS) is 16.1. The summed E-state index contributed by atoms with van der Waals surface area (Å²) < 4.78 is 1.79. The van der Waals surface area contributed by atoms with Gasteiger partial charge in [-0.05, 0) is 36.5 Å². The number of nitrogens with one attached hydrogen (secondary N) is 1. The van der Waals surface area contributed by atoms with E-state index in [1.165, 1.54) is 5.56 Å². The van der Waals surface area contributed by atoms with Crippen molar-refractivity contribution in [2.45, 2.75) is 31.7 Å². The molecular formula is C21H22N4O. The lowest BCUT2D eigenvalue weighted by atomic mass is 9.91.